The van der Waals surface area contributed by atoms with Crippen LogP contribution >= 0.6 is 0 Å². The standard InChI is InChI=1S/C21H29N5O2/c1-23(2)21(28)25-13-11-24(12-14-25)19-10-9-18-8-7-16(15-26(18)19)20(27)22-17-5-3-4-6-17/h7-10,15,17H,3-6,11-14H2,1-2H3,(H,22,27). The van der Waals surface area contributed by atoms with E-state index in [0.717, 1.165) is 37.3 Å². The van der Waals surface area contributed by atoms with Gasteiger partial charge in [0.2, 0.25) is 0 Å². The zero-order chi connectivity index (χ0) is 19.7. The number of aromatic nitrogens is 1. The van der Waals surface area contributed by atoms with Gasteiger partial charge in [-0.1, -0.05) is 12.8 Å². The highest BCUT2D eigenvalue weighted by Gasteiger charge is 2.24. The maximum atomic E-state index is 12.6. The summed E-state index contributed by atoms with van der Waals surface area (Å²) in [5.74, 6) is 1.08. The minimum atomic E-state index is 0.00912. The quantitative estimate of drug-likeness (QED) is 0.886. The molecule has 0 bridgehead atoms. The number of urea groups is 1. The number of fused-ring (bicyclic) bond motifs is 1. The Morgan fingerprint density at radius 2 is 1.68 bits per heavy atom. The minimum Gasteiger partial charge on any atom is -0.354 e. The lowest BCUT2D eigenvalue weighted by Gasteiger charge is -2.36. The molecule has 3 heterocycles. The van der Waals surface area contributed by atoms with E-state index in [1.807, 2.05) is 23.2 Å². The van der Waals surface area contributed by atoms with Crippen molar-refractivity contribution >= 4 is 23.3 Å². The molecule has 2 aliphatic rings. The van der Waals surface area contributed by atoms with Crippen molar-refractivity contribution in [3.05, 3.63) is 36.0 Å². The molecule has 7 nitrogen and oxygen atoms in total. The maximum Gasteiger partial charge on any atom is 0.319 e. The van der Waals surface area contributed by atoms with Crippen LogP contribution in [0.2, 0.25) is 0 Å². The van der Waals surface area contributed by atoms with Crippen LogP contribution in [0.5, 0.6) is 0 Å². The van der Waals surface area contributed by atoms with Gasteiger partial charge in [0, 0.05) is 58.0 Å². The van der Waals surface area contributed by atoms with Crippen molar-refractivity contribution < 1.29 is 9.59 Å². The Morgan fingerprint density at radius 3 is 2.36 bits per heavy atom. The predicted octanol–water partition coefficient (Wildman–Crippen LogP) is 2.42. The number of carbonyl (C=O) groups excluding carboxylic acids is 2. The molecule has 1 saturated heterocycles. The molecule has 1 aliphatic heterocycles. The summed E-state index contributed by atoms with van der Waals surface area (Å²) in [5, 5.41) is 3.17. The van der Waals surface area contributed by atoms with Crippen molar-refractivity contribution in [3.63, 3.8) is 0 Å². The normalized spacial score (nSPS) is 17.9. The summed E-state index contributed by atoms with van der Waals surface area (Å²) >= 11 is 0. The van der Waals surface area contributed by atoms with Gasteiger partial charge >= 0.3 is 6.03 Å². The van der Waals surface area contributed by atoms with Crippen molar-refractivity contribution in [3.8, 4) is 0 Å². The molecule has 3 amide bonds. The third-order valence-corrected chi connectivity index (χ3v) is 5.84. The monoisotopic (exact) mass is 383 g/mol. The fourth-order valence-corrected chi connectivity index (χ4v) is 4.23. The third-order valence-electron chi connectivity index (χ3n) is 5.84. The molecular weight excluding hydrogens is 354 g/mol. The van der Waals surface area contributed by atoms with Crippen molar-refractivity contribution in [1.29, 1.82) is 0 Å². The number of piperazine rings is 1. The second-order valence-electron chi connectivity index (χ2n) is 8.01. The lowest BCUT2D eigenvalue weighted by Crippen LogP contribution is -2.51. The molecule has 1 aliphatic carbocycles. The highest BCUT2D eigenvalue weighted by molar-refractivity contribution is 5.94. The summed E-state index contributed by atoms with van der Waals surface area (Å²) in [7, 11) is 3.57. The van der Waals surface area contributed by atoms with E-state index in [-0.39, 0.29) is 11.9 Å². The van der Waals surface area contributed by atoms with E-state index in [0.29, 0.717) is 24.7 Å². The molecule has 0 aromatic carbocycles. The zero-order valence-electron chi connectivity index (χ0n) is 16.7. The largest absolute Gasteiger partial charge is 0.354 e. The molecule has 0 unspecified atom stereocenters. The Balaban J connectivity index is 1.49. The second kappa shape index (κ2) is 7.73. The highest BCUT2D eigenvalue weighted by atomic mass is 16.2. The summed E-state index contributed by atoms with van der Waals surface area (Å²) < 4.78 is 2.09. The van der Waals surface area contributed by atoms with Gasteiger partial charge in [-0.3, -0.25) is 4.79 Å². The average molecular weight is 383 g/mol. The third kappa shape index (κ3) is 3.66. The van der Waals surface area contributed by atoms with Crippen molar-refractivity contribution in [2.75, 3.05) is 45.2 Å². The molecular formula is C21H29N5O2. The van der Waals surface area contributed by atoms with Gasteiger partial charge in [0.1, 0.15) is 5.82 Å². The predicted molar refractivity (Wildman–Crippen MR) is 110 cm³/mol. The first-order chi connectivity index (χ1) is 13.5. The van der Waals surface area contributed by atoms with Gasteiger partial charge in [-0.05, 0) is 37.1 Å². The Labute approximate surface area is 165 Å². The first-order valence-corrected chi connectivity index (χ1v) is 10.2. The zero-order valence-corrected chi connectivity index (χ0v) is 16.7. The molecule has 1 saturated carbocycles. The molecule has 7 heteroatoms. The summed E-state index contributed by atoms with van der Waals surface area (Å²) in [6.45, 7) is 2.96. The van der Waals surface area contributed by atoms with Gasteiger partial charge in [-0.2, -0.15) is 0 Å². The van der Waals surface area contributed by atoms with Crippen molar-refractivity contribution in [2.24, 2.45) is 0 Å². The first kappa shape index (κ1) is 18.7. The topological polar surface area (TPSA) is 60.3 Å². The van der Waals surface area contributed by atoms with Crippen LogP contribution in [-0.2, 0) is 0 Å². The molecule has 4 rings (SSSR count). The van der Waals surface area contributed by atoms with E-state index in [2.05, 4.69) is 26.8 Å². The second-order valence-corrected chi connectivity index (χ2v) is 8.01. The van der Waals surface area contributed by atoms with Gasteiger partial charge in [-0.15, -0.1) is 0 Å². The van der Waals surface area contributed by atoms with Crippen LogP contribution < -0.4 is 10.2 Å². The Bertz CT molecular complexity index is 861. The van der Waals surface area contributed by atoms with Crippen LogP contribution in [-0.4, -0.2) is 72.5 Å². The van der Waals surface area contributed by atoms with Gasteiger partial charge in [0.25, 0.3) is 5.91 Å². The van der Waals surface area contributed by atoms with E-state index in [4.69, 9.17) is 0 Å². The number of nitrogens with one attached hydrogen (secondary N) is 1. The lowest BCUT2D eigenvalue weighted by molar-refractivity contribution is 0.0937. The van der Waals surface area contributed by atoms with E-state index in [1.165, 1.54) is 12.8 Å². The fourth-order valence-electron chi connectivity index (χ4n) is 4.23. The van der Waals surface area contributed by atoms with Crippen LogP contribution in [0.4, 0.5) is 10.6 Å². The van der Waals surface area contributed by atoms with E-state index < -0.39 is 0 Å². The van der Waals surface area contributed by atoms with Gasteiger partial charge in [0.15, 0.2) is 0 Å². The number of rotatable bonds is 3. The Hall–Kier alpha value is -2.70. The van der Waals surface area contributed by atoms with Gasteiger partial charge in [0.05, 0.1) is 5.56 Å². The molecule has 0 radical (unpaired) electrons. The van der Waals surface area contributed by atoms with Crippen LogP contribution in [0, 0.1) is 0 Å². The Morgan fingerprint density at radius 1 is 1.00 bits per heavy atom. The van der Waals surface area contributed by atoms with E-state index in [1.54, 1.807) is 19.0 Å². The van der Waals surface area contributed by atoms with Crippen LogP contribution in [0.15, 0.2) is 30.5 Å². The highest BCUT2D eigenvalue weighted by Crippen LogP contribution is 2.23. The fraction of sp³-hybridized carbons (Fsp3) is 0.524. The van der Waals surface area contributed by atoms with E-state index >= 15 is 0 Å². The molecule has 2 aromatic heterocycles. The number of amides is 3. The van der Waals surface area contributed by atoms with Crippen LogP contribution in [0.3, 0.4) is 0 Å². The maximum absolute atomic E-state index is 12.6. The average Bonchev–Trinajstić information content (AvgIpc) is 3.36. The smallest absolute Gasteiger partial charge is 0.319 e. The molecule has 150 valence electrons. The van der Waals surface area contributed by atoms with E-state index in [9.17, 15) is 9.59 Å². The summed E-state index contributed by atoms with van der Waals surface area (Å²) in [4.78, 5) is 30.6. The number of hydrogen-bond donors (Lipinski definition) is 1. The number of nitrogens with zero attached hydrogens (tertiary/aromatic N) is 4. The SMILES string of the molecule is CN(C)C(=O)N1CCN(c2ccc3ccc(C(=O)NC4CCCC4)cn23)CC1. The van der Waals surface area contributed by atoms with Crippen molar-refractivity contribution in [1.82, 2.24) is 19.5 Å². The molecule has 0 atom stereocenters. The number of hydrogen-bond acceptors (Lipinski definition) is 3. The summed E-state index contributed by atoms with van der Waals surface area (Å²) in [5.41, 5.74) is 1.76. The number of carbonyl (C=O) groups is 2. The number of anilines is 1. The lowest BCUT2D eigenvalue weighted by atomic mass is 10.2. The minimum absolute atomic E-state index is 0.00912. The van der Waals surface area contributed by atoms with Gasteiger partial charge in [-0.25, -0.2) is 4.79 Å². The number of pyridine rings is 1. The molecule has 1 N–H and O–H groups in total. The molecule has 2 fully saturated rings. The van der Waals surface area contributed by atoms with Crippen LogP contribution in [0.1, 0.15) is 36.0 Å². The molecule has 28 heavy (non-hydrogen) atoms. The molecule has 2 aromatic rings. The molecule has 0 spiro atoms. The van der Waals surface area contributed by atoms with Crippen LogP contribution in [0.25, 0.3) is 5.52 Å². The van der Waals surface area contributed by atoms with Crippen molar-refractivity contribution in [2.45, 2.75) is 31.7 Å². The summed E-state index contributed by atoms with van der Waals surface area (Å²) in [6, 6.07) is 8.44. The van der Waals surface area contributed by atoms with Gasteiger partial charge < -0.3 is 24.4 Å². The Kier molecular flexibility index (Phi) is 5.15. The summed E-state index contributed by atoms with van der Waals surface area (Å²) in [6.07, 6.45) is 6.51. The first-order valence-electron chi connectivity index (χ1n) is 10.2.